The third-order valence-corrected chi connectivity index (χ3v) is 3.20. The van der Waals surface area contributed by atoms with Gasteiger partial charge in [-0.2, -0.15) is 0 Å². The van der Waals surface area contributed by atoms with E-state index in [-0.39, 0.29) is 5.82 Å². The number of pyridine rings is 1. The fraction of sp³-hybridized carbons (Fsp3) is 0.357. The zero-order valence-electron chi connectivity index (χ0n) is 10.6. The molecule has 3 nitrogen and oxygen atoms in total. The molecule has 18 heavy (non-hydrogen) atoms. The molecule has 1 aliphatic carbocycles. The Morgan fingerprint density at radius 2 is 2.11 bits per heavy atom. The van der Waals surface area contributed by atoms with Crippen molar-refractivity contribution >= 4 is 22.3 Å². The van der Waals surface area contributed by atoms with Gasteiger partial charge in [0.2, 0.25) is 0 Å². The van der Waals surface area contributed by atoms with E-state index >= 15 is 0 Å². The first-order valence-corrected chi connectivity index (χ1v) is 6.18. The molecule has 3 rings (SSSR count). The number of halogens is 1. The number of benzene rings is 1. The maximum absolute atomic E-state index is 14.1. The van der Waals surface area contributed by atoms with Gasteiger partial charge in [0.1, 0.15) is 11.6 Å². The molecular weight excluding hydrogens is 229 g/mol. The molecule has 1 heterocycles. The minimum atomic E-state index is -0.193. The first kappa shape index (κ1) is 11.3. The van der Waals surface area contributed by atoms with Crippen molar-refractivity contribution < 1.29 is 4.39 Å². The van der Waals surface area contributed by atoms with Crippen LogP contribution in [-0.2, 0) is 0 Å². The van der Waals surface area contributed by atoms with Crippen LogP contribution in [-0.4, -0.2) is 25.1 Å². The predicted octanol–water partition coefficient (Wildman–Crippen LogP) is 3.01. The molecule has 1 saturated carbocycles. The van der Waals surface area contributed by atoms with E-state index in [1.165, 1.54) is 6.07 Å². The van der Waals surface area contributed by atoms with Crippen LogP contribution in [0.1, 0.15) is 12.8 Å². The number of hydrogen-bond donors (Lipinski definition) is 1. The number of fused-ring (bicyclic) bond motifs is 1. The van der Waals surface area contributed by atoms with Crippen LogP contribution in [0.2, 0.25) is 0 Å². The lowest BCUT2D eigenvalue weighted by atomic mass is 10.1. The number of anilines is 2. The molecule has 0 radical (unpaired) electrons. The fourth-order valence-corrected chi connectivity index (χ4v) is 2.16. The predicted molar refractivity (Wildman–Crippen MR) is 72.7 cm³/mol. The highest BCUT2D eigenvalue weighted by atomic mass is 19.1. The fourth-order valence-electron chi connectivity index (χ4n) is 2.16. The molecule has 0 unspecified atom stereocenters. The molecule has 1 fully saturated rings. The van der Waals surface area contributed by atoms with Crippen LogP contribution in [0, 0.1) is 5.82 Å². The van der Waals surface area contributed by atoms with Crippen molar-refractivity contribution in [2.75, 3.05) is 24.3 Å². The maximum atomic E-state index is 14.1. The summed E-state index contributed by atoms with van der Waals surface area (Å²) in [5.41, 5.74) is 0.802. The molecule has 2 aromatic rings. The van der Waals surface area contributed by atoms with E-state index in [9.17, 15) is 4.39 Å². The van der Waals surface area contributed by atoms with E-state index in [1.54, 1.807) is 12.3 Å². The van der Waals surface area contributed by atoms with E-state index in [0.29, 0.717) is 11.4 Å². The molecule has 4 heteroatoms. The second-order valence-corrected chi connectivity index (χ2v) is 4.97. The number of rotatable bonds is 3. The van der Waals surface area contributed by atoms with Crippen molar-refractivity contribution in [1.29, 1.82) is 0 Å². The van der Waals surface area contributed by atoms with Crippen molar-refractivity contribution in [2.24, 2.45) is 0 Å². The van der Waals surface area contributed by atoms with Crippen LogP contribution in [0.25, 0.3) is 10.8 Å². The van der Waals surface area contributed by atoms with Gasteiger partial charge in [-0.15, -0.1) is 0 Å². The Bertz CT molecular complexity index is 591. The average molecular weight is 245 g/mol. The Morgan fingerprint density at radius 3 is 2.78 bits per heavy atom. The van der Waals surface area contributed by atoms with Crippen molar-refractivity contribution in [3.05, 3.63) is 30.2 Å². The zero-order valence-corrected chi connectivity index (χ0v) is 10.6. The highest BCUT2D eigenvalue weighted by molar-refractivity contribution is 6.00. The SMILES string of the molecule is CN(C)c1ncc(NC2CC2)c2c(F)cccc12. The lowest BCUT2D eigenvalue weighted by Crippen LogP contribution is -2.12. The van der Waals surface area contributed by atoms with E-state index in [2.05, 4.69) is 10.3 Å². The van der Waals surface area contributed by atoms with Gasteiger partial charge in [-0.1, -0.05) is 12.1 Å². The van der Waals surface area contributed by atoms with Gasteiger partial charge in [0.05, 0.1) is 11.9 Å². The maximum Gasteiger partial charge on any atom is 0.136 e. The zero-order chi connectivity index (χ0) is 12.7. The van der Waals surface area contributed by atoms with E-state index in [1.807, 2.05) is 25.1 Å². The number of nitrogens with zero attached hydrogens (tertiary/aromatic N) is 2. The normalized spacial score (nSPS) is 14.8. The van der Waals surface area contributed by atoms with E-state index in [0.717, 1.165) is 29.7 Å². The third-order valence-electron chi connectivity index (χ3n) is 3.20. The second-order valence-electron chi connectivity index (χ2n) is 4.97. The summed E-state index contributed by atoms with van der Waals surface area (Å²) in [5, 5.41) is 4.84. The average Bonchev–Trinajstić information content (AvgIpc) is 3.13. The number of aromatic nitrogens is 1. The molecule has 0 bridgehead atoms. The van der Waals surface area contributed by atoms with Crippen LogP contribution in [0.15, 0.2) is 24.4 Å². The number of hydrogen-bond acceptors (Lipinski definition) is 3. The Labute approximate surface area is 106 Å². The Morgan fingerprint density at radius 1 is 1.33 bits per heavy atom. The first-order chi connectivity index (χ1) is 8.66. The van der Waals surface area contributed by atoms with Gasteiger partial charge in [-0.3, -0.25) is 0 Å². The van der Waals surface area contributed by atoms with Gasteiger partial charge in [-0.05, 0) is 18.9 Å². The van der Waals surface area contributed by atoms with Gasteiger partial charge in [0.25, 0.3) is 0 Å². The summed E-state index contributed by atoms with van der Waals surface area (Å²) in [6.45, 7) is 0. The van der Waals surface area contributed by atoms with Gasteiger partial charge in [0, 0.05) is 30.9 Å². The Kier molecular flexibility index (Phi) is 2.58. The van der Waals surface area contributed by atoms with Crippen molar-refractivity contribution in [3.63, 3.8) is 0 Å². The molecule has 0 atom stereocenters. The highest BCUT2D eigenvalue weighted by Gasteiger charge is 2.23. The minimum Gasteiger partial charge on any atom is -0.380 e. The van der Waals surface area contributed by atoms with Crippen LogP contribution in [0.3, 0.4) is 0 Å². The molecule has 94 valence electrons. The molecule has 0 saturated heterocycles. The molecule has 1 aliphatic rings. The van der Waals surface area contributed by atoms with Crippen molar-refractivity contribution in [3.8, 4) is 0 Å². The van der Waals surface area contributed by atoms with Crippen LogP contribution in [0.4, 0.5) is 15.9 Å². The molecular formula is C14H16FN3. The summed E-state index contributed by atoms with van der Waals surface area (Å²) in [6, 6.07) is 5.63. The summed E-state index contributed by atoms with van der Waals surface area (Å²) < 4.78 is 14.1. The summed E-state index contributed by atoms with van der Waals surface area (Å²) in [5.74, 6) is 0.604. The molecule has 0 amide bonds. The molecule has 1 N–H and O–H groups in total. The number of nitrogens with one attached hydrogen (secondary N) is 1. The Hall–Kier alpha value is -1.84. The summed E-state index contributed by atoms with van der Waals surface area (Å²) >= 11 is 0. The summed E-state index contributed by atoms with van der Waals surface area (Å²) in [7, 11) is 3.83. The monoisotopic (exact) mass is 245 g/mol. The summed E-state index contributed by atoms with van der Waals surface area (Å²) in [4.78, 5) is 6.33. The van der Waals surface area contributed by atoms with Gasteiger partial charge >= 0.3 is 0 Å². The van der Waals surface area contributed by atoms with Crippen LogP contribution >= 0.6 is 0 Å². The molecule has 0 spiro atoms. The molecule has 1 aromatic heterocycles. The molecule has 1 aromatic carbocycles. The highest BCUT2D eigenvalue weighted by Crippen LogP contribution is 2.34. The van der Waals surface area contributed by atoms with Gasteiger partial charge in [-0.25, -0.2) is 9.37 Å². The first-order valence-electron chi connectivity index (χ1n) is 6.18. The van der Waals surface area contributed by atoms with Crippen LogP contribution < -0.4 is 10.2 Å². The third kappa shape index (κ3) is 1.88. The van der Waals surface area contributed by atoms with E-state index in [4.69, 9.17) is 0 Å². The van der Waals surface area contributed by atoms with Crippen molar-refractivity contribution in [1.82, 2.24) is 4.98 Å². The van der Waals surface area contributed by atoms with Crippen LogP contribution in [0.5, 0.6) is 0 Å². The van der Waals surface area contributed by atoms with Gasteiger partial charge < -0.3 is 10.2 Å². The topological polar surface area (TPSA) is 28.2 Å². The summed E-state index contributed by atoms with van der Waals surface area (Å²) in [6.07, 6.45) is 4.05. The van der Waals surface area contributed by atoms with Gasteiger partial charge in [0.15, 0.2) is 0 Å². The van der Waals surface area contributed by atoms with E-state index < -0.39 is 0 Å². The smallest absolute Gasteiger partial charge is 0.136 e. The lowest BCUT2D eigenvalue weighted by molar-refractivity contribution is 0.640. The lowest BCUT2D eigenvalue weighted by Gasteiger charge is -2.17. The minimum absolute atomic E-state index is 0.193. The largest absolute Gasteiger partial charge is 0.380 e. The standard InChI is InChI=1S/C14H16FN3/c1-18(2)14-10-4-3-5-11(15)13(10)12(8-16-14)17-9-6-7-9/h3-5,8-9,17H,6-7H2,1-2H3. The second kappa shape index (κ2) is 4.12. The van der Waals surface area contributed by atoms with Crippen molar-refractivity contribution in [2.45, 2.75) is 18.9 Å². The quantitative estimate of drug-likeness (QED) is 0.901. The molecule has 0 aliphatic heterocycles. The Balaban J connectivity index is 2.22.